The SMILES string of the molecule is CCC(C)CC1=C(C)C1CC. The van der Waals surface area contributed by atoms with Gasteiger partial charge < -0.3 is 0 Å². The fraction of sp³-hybridized carbons (Fsp3) is 0.818. The van der Waals surface area contributed by atoms with E-state index in [0.717, 1.165) is 11.8 Å². The van der Waals surface area contributed by atoms with Gasteiger partial charge in [-0.1, -0.05) is 38.3 Å². The first-order valence-corrected chi connectivity index (χ1v) is 4.90. The molecule has 1 aliphatic carbocycles. The van der Waals surface area contributed by atoms with Crippen LogP contribution >= 0.6 is 0 Å². The predicted octanol–water partition coefficient (Wildman–Crippen LogP) is 3.78. The summed E-state index contributed by atoms with van der Waals surface area (Å²) in [5, 5.41) is 0. The molecule has 2 atom stereocenters. The van der Waals surface area contributed by atoms with E-state index in [-0.39, 0.29) is 0 Å². The topological polar surface area (TPSA) is 0 Å². The van der Waals surface area contributed by atoms with Crippen molar-refractivity contribution in [3.8, 4) is 0 Å². The van der Waals surface area contributed by atoms with E-state index in [9.17, 15) is 0 Å². The van der Waals surface area contributed by atoms with Gasteiger partial charge in [0.1, 0.15) is 0 Å². The Balaban J connectivity index is 2.29. The van der Waals surface area contributed by atoms with E-state index in [1.165, 1.54) is 19.3 Å². The van der Waals surface area contributed by atoms with Gasteiger partial charge in [-0.05, 0) is 25.7 Å². The van der Waals surface area contributed by atoms with Crippen molar-refractivity contribution in [1.82, 2.24) is 0 Å². The van der Waals surface area contributed by atoms with Gasteiger partial charge in [-0.2, -0.15) is 0 Å². The average molecular weight is 152 g/mol. The minimum atomic E-state index is 0.900. The zero-order chi connectivity index (χ0) is 8.43. The molecule has 11 heavy (non-hydrogen) atoms. The van der Waals surface area contributed by atoms with Crippen LogP contribution in [0.1, 0.15) is 47.0 Å². The van der Waals surface area contributed by atoms with Crippen molar-refractivity contribution in [2.24, 2.45) is 11.8 Å². The third-order valence-corrected chi connectivity index (χ3v) is 3.04. The van der Waals surface area contributed by atoms with Crippen LogP contribution in [0.2, 0.25) is 0 Å². The molecule has 2 unspecified atom stereocenters. The Morgan fingerprint density at radius 2 is 2.00 bits per heavy atom. The lowest BCUT2D eigenvalue weighted by Crippen LogP contribution is -1.91. The van der Waals surface area contributed by atoms with Crippen LogP contribution in [0.4, 0.5) is 0 Å². The highest BCUT2D eigenvalue weighted by molar-refractivity contribution is 5.39. The van der Waals surface area contributed by atoms with Gasteiger partial charge in [0.25, 0.3) is 0 Å². The standard InChI is InChI=1S/C11H20/c1-5-8(3)7-11-9(4)10(11)6-2/h8,10H,5-7H2,1-4H3. The van der Waals surface area contributed by atoms with E-state index >= 15 is 0 Å². The highest BCUT2D eigenvalue weighted by Gasteiger charge is 2.30. The van der Waals surface area contributed by atoms with Crippen molar-refractivity contribution in [3.63, 3.8) is 0 Å². The summed E-state index contributed by atoms with van der Waals surface area (Å²) in [6.45, 7) is 9.22. The molecule has 0 saturated carbocycles. The number of rotatable bonds is 4. The first kappa shape index (κ1) is 8.83. The Hall–Kier alpha value is -0.260. The normalized spacial score (nSPS) is 25.6. The second kappa shape index (κ2) is 3.42. The quantitative estimate of drug-likeness (QED) is 0.538. The molecule has 0 aromatic heterocycles. The van der Waals surface area contributed by atoms with Crippen LogP contribution in [0, 0.1) is 11.8 Å². The molecule has 1 rings (SSSR count). The van der Waals surface area contributed by atoms with Gasteiger partial charge >= 0.3 is 0 Å². The summed E-state index contributed by atoms with van der Waals surface area (Å²) in [4.78, 5) is 0. The summed E-state index contributed by atoms with van der Waals surface area (Å²) in [7, 11) is 0. The molecular weight excluding hydrogens is 132 g/mol. The monoisotopic (exact) mass is 152 g/mol. The van der Waals surface area contributed by atoms with E-state index < -0.39 is 0 Å². The highest BCUT2D eigenvalue weighted by atomic mass is 14.4. The minimum Gasteiger partial charge on any atom is -0.0663 e. The van der Waals surface area contributed by atoms with E-state index in [2.05, 4.69) is 27.7 Å². The molecule has 0 aromatic rings. The summed E-state index contributed by atoms with van der Waals surface area (Å²) in [5.41, 5.74) is 3.45. The molecule has 0 amide bonds. The van der Waals surface area contributed by atoms with Crippen LogP contribution in [-0.4, -0.2) is 0 Å². The van der Waals surface area contributed by atoms with Gasteiger partial charge in [-0.25, -0.2) is 0 Å². The Labute approximate surface area is 70.7 Å². The molecule has 0 heterocycles. The Morgan fingerprint density at radius 3 is 2.36 bits per heavy atom. The van der Waals surface area contributed by atoms with E-state index in [1.54, 1.807) is 11.1 Å². The lowest BCUT2D eigenvalue weighted by Gasteiger charge is -2.04. The van der Waals surface area contributed by atoms with Gasteiger partial charge in [-0.3, -0.25) is 0 Å². The van der Waals surface area contributed by atoms with Crippen LogP contribution in [0.25, 0.3) is 0 Å². The molecule has 0 fully saturated rings. The van der Waals surface area contributed by atoms with Crippen LogP contribution in [0.5, 0.6) is 0 Å². The number of hydrogen-bond donors (Lipinski definition) is 0. The summed E-state index contributed by atoms with van der Waals surface area (Å²) in [6, 6.07) is 0. The summed E-state index contributed by atoms with van der Waals surface area (Å²) >= 11 is 0. The first-order valence-electron chi connectivity index (χ1n) is 4.90. The molecule has 0 nitrogen and oxygen atoms in total. The maximum Gasteiger partial charge on any atom is 0.000734 e. The third-order valence-electron chi connectivity index (χ3n) is 3.04. The Morgan fingerprint density at radius 1 is 1.36 bits per heavy atom. The molecular formula is C11H20. The maximum atomic E-state index is 2.35. The van der Waals surface area contributed by atoms with Crippen LogP contribution in [-0.2, 0) is 0 Å². The molecule has 0 aromatic carbocycles. The van der Waals surface area contributed by atoms with Gasteiger partial charge in [0.2, 0.25) is 0 Å². The second-order valence-corrected chi connectivity index (χ2v) is 3.89. The third kappa shape index (κ3) is 1.85. The molecule has 0 aliphatic heterocycles. The van der Waals surface area contributed by atoms with Gasteiger partial charge in [-0.15, -0.1) is 0 Å². The summed E-state index contributed by atoms with van der Waals surface area (Å²) < 4.78 is 0. The zero-order valence-corrected chi connectivity index (χ0v) is 8.28. The molecule has 0 saturated heterocycles. The van der Waals surface area contributed by atoms with Crippen LogP contribution in [0.3, 0.4) is 0 Å². The van der Waals surface area contributed by atoms with Crippen molar-refractivity contribution in [3.05, 3.63) is 11.1 Å². The summed E-state index contributed by atoms with van der Waals surface area (Å²) in [5.74, 6) is 1.81. The lowest BCUT2D eigenvalue weighted by atomic mass is 10.0. The average Bonchev–Trinajstić information content (AvgIpc) is 2.61. The molecule has 0 radical (unpaired) electrons. The fourth-order valence-electron chi connectivity index (χ4n) is 1.83. The molecule has 0 bridgehead atoms. The Kier molecular flexibility index (Phi) is 2.75. The smallest absolute Gasteiger partial charge is 0.000734 e. The van der Waals surface area contributed by atoms with Crippen molar-refractivity contribution >= 4 is 0 Å². The lowest BCUT2D eigenvalue weighted by molar-refractivity contribution is 0.551. The van der Waals surface area contributed by atoms with E-state index in [4.69, 9.17) is 0 Å². The van der Waals surface area contributed by atoms with Crippen molar-refractivity contribution in [2.45, 2.75) is 47.0 Å². The van der Waals surface area contributed by atoms with Gasteiger partial charge in [0.15, 0.2) is 0 Å². The number of allylic oxidation sites excluding steroid dienone is 2. The van der Waals surface area contributed by atoms with Crippen LogP contribution in [0.15, 0.2) is 11.1 Å². The highest BCUT2D eigenvalue weighted by Crippen LogP contribution is 2.45. The number of hydrogen-bond acceptors (Lipinski definition) is 0. The van der Waals surface area contributed by atoms with Crippen molar-refractivity contribution < 1.29 is 0 Å². The zero-order valence-electron chi connectivity index (χ0n) is 8.28. The van der Waals surface area contributed by atoms with Crippen molar-refractivity contribution in [1.29, 1.82) is 0 Å². The van der Waals surface area contributed by atoms with Crippen LogP contribution < -0.4 is 0 Å². The predicted molar refractivity (Wildman–Crippen MR) is 50.6 cm³/mol. The maximum absolute atomic E-state index is 2.35. The fourth-order valence-corrected chi connectivity index (χ4v) is 1.83. The second-order valence-electron chi connectivity index (χ2n) is 3.89. The van der Waals surface area contributed by atoms with Gasteiger partial charge in [0, 0.05) is 5.92 Å². The Bertz CT molecular complexity index is 165. The molecule has 0 N–H and O–H groups in total. The molecule has 0 spiro atoms. The summed E-state index contributed by atoms with van der Waals surface area (Å²) in [6.07, 6.45) is 4.02. The first-order chi connectivity index (χ1) is 5.20. The van der Waals surface area contributed by atoms with E-state index in [1.807, 2.05) is 0 Å². The minimum absolute atomic E-state index is 0.900. The molecule has 1 aliphatic rings. The molecule has 64 valence electrons. The van der Waals surface area contributed by atoms with Crippen molar-refractivity contribution in [2.75, 3.05) is 0 Å². The largest absolute Gasteiger partial charge is 0.0663 e. The van der Waals surface area contributed by atoms with Gasteiger partial charge in [0.05, 0.1) is 0 Å². The molecule has 0 heteroatoms. The van der Waals surface area contributed by atoms with E-state index in [0.29, 0.717) is 0 Å².